The molecule has 0 radical (unpaired) electrons. The number of aryl methyl sites for hydroxylation is 1. The summed E-state index contributed by atoms with van der Waals surface area (Å²) in [6, 6.07) is 7.78. The first-order chi connectivity index (χ1) is 10.1. The lowest BCUT2D eigenvalue weighted by atomic mass is 10.2. The van der Waals surface area contributed by atoms with E-state index >= 15 is 0 Å². The monoisotopic (exact) mass is 299 g/mol. The van der Waals surface area contributed by atoms with E-state index < -0.39 is 0 Å². The Hall–Kier alpha value is -1.88. The number of carbonyl (C=O) groups excluding carboxylic acids is 1. The SMILES string of the molecule is Cc1cc(Sc2ncccn2)ccc1NC(=O)C1CC1C. The Morgan fingerprint density at radius 3 is 2.67 bits per heavy atom. The molecule has 5 heteroatoms. The van der Waals surface area contributed by atoms with E-state index in [1.807, 2.05) is 25.1 Å². The maximum atomic E-state index is 12.0. The minimum absolute atomic E-state index is 0.136. The Bertz CT molecular complexity index is 660. The fraction of sp³-hybridized carbons (Fsp3) is 0.312. The Morgan fingerprint density at radius 2 is 2.05 bits per heavy atom. The number of hydrogen-bond acceptors (Lipinski definition) is 4. The summed E-state index contributed by atoms with van der Waals surface area (Å²) in [7, 11) is 0. The molecule has 1 aromatic carbocycles. The van der Waals surface area contributed by atoms with Gasteiger partial charge in [0.25, 0.3) is 0 Å². The van der Waals surface area contributed by atoms with Crippen LogP contribution < -0.4 is 5.32 Å². The van der Waals surface area contributed by atoms with Gasteiger partial charge in [0, 0.05) is 28.9 Å². The second kappa shape index (κ2) is 5.85. The molecule has 1 aliphatic carbocycles. The van der Waals surface area contributed by atoms with Gasteiger partial charge in [-0.15, -0.1) is 0 Å². The van der Waals surface area contributed by atoms with E-state index in [0.29, 0.717) is 5.92 Å². The van der Waals surface area contributed by atoms with Crippen molar-refractivity contribution in [1.82, 2.24) is 9.97 Å². The van der Waals surface area contributed by atoms with Crippen LogP contribution in [-0.2, 0) is 4.79 Å². The lowest BCUT2D eigenvalue weighted by Gasteiger charge is -2.09. The number of carbonyl (C=O) groups is 1. The summed E-state index contributed by atoms with van der Waals surface area (Å²) >= 11 is 1.51. The Morgan fingerprint density at radius 1 is 1.33 bits per heavy atom. The van der Waals surface area contributed by atoms with E-state index in [9.17, 15) is 4.79 Å². The number of amides is 1. The standard InChI is InChI=1S/C16H17N3OS/c1-10-9-13(10)15(20)19-14-5-4-12(8-11(14)2)21-16-17-6-3-7-18-16/h3-8,10,13H,9H2,1-2H3,(H,19,20). The van der Waals surface area contributed by atoms with Crippen LogP contribution >= 0.6 is 11.8 Å². The van der Waals surface area contributed by atoms with Crippen LogP contribution in [-0.4, -0.2) is 15.9 Å². The zero-order valence-corrected chi connectivity index (χ0v) is 12.9. The van der Waals surface area contributed by atoms with Gasteiger partial charge in [-0.05, 0) is 60.9 Å². The molecule has 0 bridgehead atoms. The van der Waals surface area contributed by atoms with E-state index in [2.05, 4.69) is 22.2 Å². The number of rotatable bonds is 4. The van der Waals surface area contributed by atoms with Crippen LogP contribution in [0, 0.1) is 18.8 Å². The fourth-order valence-corrected chi connectivity index (χ4v) is 3.01. The molecule has 1 heterocycles. The maximum absolute atomic E-state index is 12.0. The summed E-state index contributed by atoms with van der Waals surface area (Å²) in [6.45, 7) is 4.11. The number of benzene rings is 1. The molecule has 0 spiro atoms. The molecule has 1 amide bonds. The third-order valence-electron chi connectivity index (χ3n) is 3.65. The molecule has 1 saturated carbocycles. The average Bonchev–Trinajstić information content (AvgIpc) is 3.20. The van der Waals surface area contributed by atoms with E-state index in [-0.39, 0.29) is 11.8 Å². The molecule has 21 heavy (non-hydrogen) atoms. The lowest BCUT2D eigenvalue weighted by Crippen LogP contribution is -2.15. The molecule has 1 aliphatic rings. The van der Waals surface area contributed by atoms with Gasteiger partial charge in [-0.2, -0.15) is 0 Å². The number of aromatic nitrogens is 2. The molecule has 2 unspecified atom stereocenters. The highest BCUT2D eigenvalue weighted by molar-refractivity contribution is 7.99. The molecule has 3 rings (SSSR count). The number of nitrogens with one attached hydrogen (secondary N) is 1. The van der Waals surface area contributed by atoms with Crippen molar-refractivity contribution in [3.8, 4) is 0 Å². The molecule has 108 valence electrons. The van der Waals surface area contributed by atoms with Crippen molar-refractivity contribution in [2.75, 3.05) is 5.32 Å². The van der Waals surface area contributed by atoms with Gasteiger partial charge in [0.15, 0.2) is 5.16 Å². The first-order valence-electron chi connectivity index (χ1n) is 7.00. The van der Waals surface area contributed by atoms with Crippen molar-refractivity contribution >= 4 is 23.4 Å². The van der Waals surface area contributed by atoms with Gasteiger partial charge in [-0.3, -0.25) is 4.79 Å². The van der Waals surface area contributed by atoms with Gasteiger partial charge in [0.1, 0.15) is 0 Å². The normalized spacial score (nSPS) is 20.1. The second-order valence-corrected chi connectivity index (χ2v) is 6.46. The van der Waals surface area contributed by atoms with Crippen molar-refractivity contribution in [2.24, 2.45) is 11.8 Å². The van der Waals surface area contributed by atoms with Crippen LogP contribution in [0.1, 0.15) is 18.9 Å². The highest BCUT2D eigenvalue weighted by atomic mass is 32.2. The molecule has 2 atom stereocenters. The number of hydrogen-bond donors (Lipinski definition) is 1. The minimum atomic E-state index is 0.136. The predicted octanol–water partition coefficient (Wildman–Crippen LogP) is 3.53. The molecular weight excluding hydrogens is 282 g/mol. The minimum Gasteiger partial charge on any atom is -0.326 e. The van der Waals surface area contributed by atoms with Crippen LogP contribution in [0.5, 0.6) is 0 Å². The quantitative estimate of drug-likeness (QED) is 0.877. The number of nitrogens with zero attached hydrogens (tertiary/aromatic N) is 2. The molecule has 1 N–H and O–H groups in total. The molecule has 0 aliphatic heterocycles. The maximum Gasteiger partial charge on any atom is 0.227 e. The third kappa shape index (κ3) is 3.42. The summed E-state index contributed by atoms with van der Waals surface area (Å²) in [6.07, 6.45) is 4.46. The van der Waals surface area contributed by atoms with Crippen LogP contribution in [0.15, 0.2) is 46.7 Å². The highest BCUT2D eigenvalue weighted by Gasteiger charge is 2.39. The van der Waals surface area contributed by atoms with Gasteiger partial charge in [0.05, 0.1) is 0 Å². The summed E-state index contributed by atoms with van der Waals surface area (Å²) in [5, 5.41) is 3.74. The van der Waals surface area contributed by atoms with Gasteiger partial charge in [0.2, 0.25) is 5.91 Å². The van der Waals surface area contributed by atoms with Crippen molar-refractivity contribution in [3.63, 3.8) is 0 Å². The van der Waals surface area contributed by atoms with Gasteiger partial charge < -0.3 is 5.32 Å². The van der Waals surface area contributed by atoms with Crippen LogP contribution in [0.2, 0.25) is 0 Å². The highest BCUT2D eigenvalue weighted by Crippen LogP contribution is 2.38. The first-order valence-corrected chi connectivity index (χ1v) is 7.81. The predicted molar refractivity (Wildman–Crippen MR) is 83.2 cm³/mol. The van der Waals surface area contributed by atoms with Crippen molar-refractivity contribution in [3.05, 3.63) is 42.2 Å². The first kappa shape index (κ1) is 14.1. The lowest BCUT2D eigenvalue weighted by molar-refractivity contribution is -0.117. The van der Waals surface area contributed by atoms with E-state index in [4.69, 9.17) is 0 Å². The van der Waals surface area contributed by atoms with Crippen molar-refractivity contribution < 1.29 is 4.79 Å². The molecule has 0 saturated heterocycles. The summed E-state index contributed by atoms with van der Waals surface area (Å²) in [4.78, 5) is 21.4. The molecule has 2 aromatic rings. The zero-order chi connectivity index (χ0) is 14.8. The van der Waals surface area contributed by atoms with Gasteiger partial charge >= 0.3 is 0 Å². The fourth-order valence-electron chi connectivity index (χ4n) is 2.20. The third-order valence-corrected chi connectivity index (χ3v) is 4.54. The molecule has 4 nitrogen and oxygen atoms in total. The van der Waals surface area contributed by atoms with Crippen molar-refractivity contribution in [2.45, 2.75) is 30.3 Å². The Kier molecular flexibility index (Phi) is 3.92. The van der Waals surface area contributed by atoms with E-state index in [1.165, 1.54) is 11.8 Å². The number of anilines is 1. The van der Waals surface area contributed by atoms with E-state index in [0.717, 1.165) is 27.7 Å². The summed E-state index contributed by atoms with van der Waals surface area (Å²) in [5.41, 5.74) is 1.94. The molecule has 1 aromatic heterocycles. The topological polar surface area (TPSA) is 54.9 Å². The molecular formula is C16H17N3OS. The smallest absolute Gasteiger partial charge is 0.227 e. The Labute approximate surface area is 128 Å². The van der Waals surface area contributed by atoms with Crippen molar-refractivity contribution in [1.29, 1.82) is 0 Å². The van der Waals surface area contributed by atoms with Gasteiger partial charge in [-0.1, -0.05) is 6.92 Å². The summed E-state index contributed by atoms with van der Waals surface area (Å²) in [5.74, 6) is 0.851. The molecule has 1 fully saturated rings. The Balaban J connectivity index is 1.69. The van der Waals surface area contributed by atoms with Crippen LogP contribution in [0.3, 0.4) is 0 Å². The summed E-state index contributed by atoms with van der Waals surface area (Å²) < 4.78 is 0. The zero-order valence-electron chi connectivity index (χ0n) is 12.0. The van der Waals surface area contributed by atoms with Crippen LogP contribution in [0.25, 0.3) is 0 Å². The van der Waals surface area contributed by atoms with Gasteiger partial charge in [-0.25, -0.2) is 9.97 Å². The average molecular weight is 299 g/mol. The second-order valence-electron chi connectivity index (χ2n) is 5.42. The largest absolute Gasteiger partial charge is 0.326 e. The van der Waals surface area contributed by atoms with Crippen LogP contribution in [0.4, 0.5) is 5.69 Å². The van der Waals surface area contributed by atoms with E-state index in [1.54, 1.807) is 18.5 Å².